The number of aromatic nitrogens is 2. The topological polar surface area (TPSA) is 29.9 Å². The van der Waals surface area contributed by atoms with Gasteiger partial charge in [-0.25, -0.2) is 8.78 Å². The molecule has 0 aliphatic rings. The van der Waals surface area contributed by atoms with Crippen molar-refractivity contribution >= 4 is 11.6 Å². The van der Waals surface area contributed by atoms with Gasteiger partial charge in [0.15, 0.2) is 0 Å². The van der Waals surface area contributed by atoms with Crippen LogP contribution in [0, 0.1) is 0 Å². The van der Waals surface area contributed by atoms with Crippen molar-refractivity contribution in [1.29, 1.82) is 0 Å². The molecule has 0 saturated carbocycles. The highest BCUT2D eigenvalue weighted by Crippen LogP contribution is 2.24. The fraction of sp³-hybridized carbons (Fsp3) is 0.357. The quantitative estimate of drug-likeness (QED) is 0.882. The highest BCUT2D eigenvalue weighted by molar-refractivity contribution is 6.30. The van der Waals surface area contributed by atoms with Gasteiger partial charge in [-0.3, -0.25) is 4.68 Å². The first-order valence-corrected chi connectivity index (χ1v) is 6.77. The summed E-state index contributed by atoms with van der Waals surface area (Å²) in [6, 6.07) is 7.09. The van der Waals surface area contributed by atoms with Gasteiger partial charge in [0.1, 0.15) is 5.69 Å². The van der Waals surface area contributed by atoms with Crippen molar-refractivity contribution in [3.8, 4) is 0 Å². The van der Waals surface area contributed by atoms with E-state index in [1.807, 2.05) is 19.1 Å². The fourth-order valence-corrected chi connectivity index (χ4v) is 2.10. The van der Waals surface area contributed by atoms with Gasteiger partial charge in [0.25, 0.3) is 6.43 Å². The van der Waals surface area contributed by atoms with Gasteiger partial charge < -0.3 is 5.32 Å². The van der Waals surface area contributed by atoms with Crippen LogP contribution < -0.4 is 5.32 Å². The molecule has 1 N–H and O–H groups in total. The molecule has 1 aromatic carbocycles. The monoisotopic (exact) mass is 299 g/mol. The van der Waals surface area contributed by atoms with Gasteiger partial charge in [-0.15, -0.1) is 0 Å². The summed E-state index contributed by atoms with van der Waals surface area (Å²) in [5.41, 5.74) is 1.39. The zero-order valence-corrected chi connectivity index (χ0v) is 11.9. The normalized spacial score (nSPS) is 11.2. The van der Waals surface area contributed by atoms with Gasteiger partial charge in [-0.2, -0.15) is 5.10 Å². The van der Waals surface area contributed by atoms with Crippen molar-refractivity contribution < 1.29 is 8.78 Å². The van der Waals surface area contributed by atoms with Gasteiger partial charge >= 0.3 is 0 Å². The fourth-order valence-electron chi connectivity index (χ4n) is 1.97. The molecule has 0 aliphatic carbocycles. The third-order valence-corrected chi connectivity index (χ3v) is 3.23. The van der Waals surface area contributed by atoms with Crippen LogP contribution in [0.5, 0.6) is 0 Å². The highest BCUT2D eigenvalue weighted by Gasteiger charge is 2.19. The summed E-state index contributed by atoms with van der Waals surface area (Å²) in [5.74, 6) is 0. The van der Waals surface area contributed by atoms with E-state index in [0.717, 1.165) is 12.1 Å². The summed E-state index contributed by atoms with van der Waals surface area (Å²) < 4.78 is 27.8. The predicted octanol–water partition coefficient (Wildman–Crippen LogP) is 3.63. The number of benzene rings is 1. The summed E-state index contributed by atoms with van der Waals surface area (Å²) in [6.07, 6.45) is -1.04. The van der Waals surface area contributed by atoms with Gasteiger partial charge in [-0.1, -0.05) is 30.7 Å². The predicted molar refractivity (Wildman–Crippen MR) is 75.1 cm³/mol. The third-order valence-electron chi connectivity index (χ3n) is 2.98. The smallest absolute Gasteiger partial charge is 0.280 e. The maximum Gasteiger partial charge on any atom is 0.280 e. The van der Waals surface area contributed by atoms with Gasteiger partial charge in [0.2, 0.25) is 0 Å². The van der Waals surface area contributed by atoms with Crippen molar-refractivity contribution in [2.24, 2.45) is 0 Å². The summed E-state index contributed by atoms with van der Waals surface area (Å²) in [4.78, 5) is 0. The number of nitrogens with zero attached hydrogens (tertiary/aromatic N) is 2. The number of halogens is 3. The first-order valence-electron chi connectivity index (χ1n) is 6.39. The molecule has 2 rings (SSSR count). The Balaban J connectivity index is 2.22. The summed E-state index contributed by atoms with van der Waals surface area (Å²) in [7, 11) is 0. The van der Waals surface area contributed by atoms with Crippen LogP contribution in [0.2, 0.25) is 5.02 Å². The van der Waals surface area contributed by atoms with Crippen LogP contribution in [0.4, 0.5) is 8.78 Å². The van der Waals surface area contributed by atoms with E-state index in [-0.39, 0.29) is 5.69 Å². The average Bonchev–Trinajstić information content (AvgIpc) is 2.82. The van der Waals surface area contributed by atoms with Crippen LogP contribution in [-0.2, 0) is 13.1 Å². The lowest BCUT2D eigenvalue weighted by molar-refractivity contribution is 0.138. The van der Waals surface area contributed by atoms with E-state index in [1.165, 1.54) is 10.9 Å². The molecule has 20 heavy (non-hydrogen) atoms. The second-order valence-corrected chi connectivity index (χ2v) is 4.86. The molecule has 0 aliphatic heterocycles. The lowest BCUT2D eigenvalue weighted by atomic mass is 10.2. The molecular weight excluding hydrogens is 284 g/mol. The van der Waals surface area contributed by atoms with Gasteiger partial charge in [0, 0.05) is 17.1 Å². The Hall–Kier alpha value is -1.46. The Morgan fingerprint density at radius 2 is 2.00 bits per heavy atom. The molecule has 0 spiro atoms. The Bertz CT molecular complexity index is 552. The summed E-state index contributed by atoms with van der Waals surface area (Å²) in [5, 5.41) is 7.73. The van der Waals surface area contributed by atoms with Crippen molar-refractivity contribution in [1.82, 2.24) is 15.1 Å². The second-order valence-electron chi connectivity index (χ2n) is 4.42. The van der Waals surface area contributed by atoms with Crippen LogP contribution >= 0.6 is 11.6 Å². The number of nitrogens with one attached hydrogen (secondary N) is 1. The van der Waals surface area contributed by atoms with Crippen LogP contribution in [0.15, 0.2) is 30.5 Å². The van der Waals surface area contributed by atoms with Crippen molar-refractivity contribution in [3.05, 3.63) is 52.3 Å². The first kappa shape index (κ1) is 14.9. The van der Waals surface area contributed by atoms with E-state index in [2.05, 4.69) is 10.4 Å². The lowest BCUT2D eigenvalue weighted by Crippen LogP contribution is -2.14. The highest BCUT2D eigenvalue weighted by atomic mass is 35.5. The van der Waals surface area contributed by atoms with Gasteiger partial charge in [-0.05, 0) is 24.2 Å². The molecule has 3 nitrogen and oxygen atoms in total. The van der Waals surface area contributed by atoms with E-state index in [4.69, 9.17) is 11.6 Å². The van der Waals surface area contributed by atoms with E-state index in [0.29, 0.717) is 23.7 Å². The minimum atomic E-state index is -2.54. The van der Waals surface area contributed by atoms with Gasteiger partial charge in [0.05, 0.1) is 12.7 Å². The van der Waals surface area contributed by atoms with E-state index in [1.54, 1.807) is 12.1 Å². The standard InChI is InChI=1S/C14H16ClF2N3/c1-2-18-7-11-8-19-20(13(11)14(16)17)9-10-3-5-12(15)6-4-10/h3-6,8,14,18H,2,7,9H2,1H3. The third kappa shape index (κ3) is 3.55. The number of hydrogen-bond donors (Lipinski definition) is 1. The van der Waals surface area contributed by atoms with E-state index < -0.39 is 6.43 Å². The molecular formula is C14H16ClF2N3. The van der Waals surface area contributed by atoms with Crippen LogP contribution in [0.1, 0.15) is 30.2 Å². The maximum atomic E-state index is 13.2. The summed E-state index contributed by atoms with van der Waals surface area (Å²) in [6.45, 7) is 3.37. The molecule has 1 aromatic heterocycles. The Labute approximate surface area is 121 Å². The molecule has 108 valence electrons. The Morgan fingerprint density at radius 1 is 1.30 bits per heavy atom. The Kier molecular flexibility index (Phi) is 5.09. The molecule has 0 fully saturated rings. The van der Waals surface area contributed by atoms with E-state index >= 15 is 0 Å². The first-order chi connectivity index (χ1) is 9.61. The number of rotatable bonds is 6. The van der Waals surface area contributed by atoms with E-state index in [9.17, 15) is 8.78 Å². The molecule has 6 heteroatoms. The molecule has 0 radical (unpaired) electrons. The number of hydrogen-bond acceptors (Lipinski definition) is 2. The van der Waals surface area contributed by atoms with Crippen molar-refractivity contribution in [2.45, 2.75) is 26.4 Å². The minimum absolute atomic E-state index is 0.0269. The molecule has 0 amide bonds. The molecule has 2 aromatic rings. The van der Waals surface area contributed by atoms with Crippen molar-refractivity contribution in [3.63, 3.8) is 0 Å². The van der Waals surface area contributed by atoms with Crippen LogP contribution in [-0.4, -0.2) is 16.3 Å². The zero-order chi connectivity index (χ0) is 14.5. The minimum Gasteiger partial charge on any atom is -0.313 e. The molecule has 0 saturated heterocycles. The molecule has 0 atom stereocenters. The Morgan fingerprint density at radius 3 is 2.60 bits per heavy atom. The average molecular weight is 300 g/mol. The lowest BCUT2D eigenvalue weighted by Gasteiger charge is -2.09. The zero-order valence-electron chi connectivity index (χ0n) is 11.1. The van der Waals surface area contributed by atoms with Crippen molar-refractivity contribution in [2.75, 3.05) is 6.54 Å². The largest absolute Gasteiger partial charge is 0.313 e. The number of alkyl halides is 2. The molecule has 0 unspecified atom stereocenters. The SMILES string of the molecule is CCNCc1cnn(Cc2ccc(Cl)cc2)c1C(F)F. The van der Waals surface area contributed by atoms with Crippen LogP contribution in [0.25, 0.3) is 0 Å². The molecule has 1 heterocycles. The van der Waals surface area contributed by atoms with Crippen LogP contribution in [0.3, 0.4) is 0 Å². The maximum absolute atomic E-state index is 13.2. The summed E-state index contributed by atoms with van der Waals surface area (Å²) >= 11 is 5.81. The molecule has 0 bridgehead atoms. The second kappa shape index (κ2) is 6.81.